The van der Waals surface area contributed by atoms with Crippen molar-refractivity contribution >= 4 is 41.6 Å². The van der Waals surface area contributed by atoms with Gasteiger partial charge in [0.1, 0.15) is 18.2 Å². The highest BCUT2D eigenvalue weighted by atomic mass is 32.2. The van der Waals surface area contributed by atoms with E-state index in [1.165, 1.54) is 37.4 Å². The average Bonchev–Trinajstić information content (AvgIpc) is 2.54. The molecule has 1 aliphatic heterocycles. The van der Waals surface area contributed by atoms with E-state index in [1.54, 1.807) is 20.8 Å². The zero-order valence-electron chi connectivity index (χ0n) is 16.2. The van der Waals surface area contributed by atoms with E-state index in [9.17, 15) is 19.5 Å². The highest BCUT2D eigenvalue weighted by Gasteiger charge is 2.35. The van der Waals surface area contributed by atoms with Crippen LogP contribution in [0.15, 0.2) is 9.81 Å². The molecule has 0 aliphatic carbocycles. The first-order chi connectivity index (χ1) is 12.5. The predicted molar refractivity (Wildman–Crippen MR) is 104 cm³/mol. The number of hydrogen-bond donors (Lipinski definition) is 2. The van der Waals surface area contributed by atoms with Crippen LogP contribution in [0.25, 0.3) is 0 Å². The third-order valence-corrected chi connectivity index (χ3v) is 5.81. The van der Waals surface area contributed by atoms with Crippen LogP contribution in [-0.2, 0) is 23.8 Å². The Balaban J connectivity index is 3.15. The SMILES string of the molecule is CC(=O)OC[C@H](NC(=O)OC(C)(C)C)[C@@H](OC(C)=O)C1=C(CO)SCCS1. The molecule has 10 heteroatoms. The van der Waals surface area contributed by atoms with Crippen molar-refractivity contribution in [3.05, 3.63) is 9.81 Å². The lowest BCUT2D eigenvalue weighted by Crippen LogP contribution is -2.50. The van der Waals surface area contributed by atoms with Gasteiger partial charge in [0.05, 0.1) is 6.61 Å². The summed E-state index contributed by atoms with van der Waals surface area (Å²) in [5.74, 6) is 0.480. The molecule has 0 fully saturated rings. The summed E-state index contributed by atoms with van der Waals surface area (Å²) in [6.07, 6.45) is -1.63. The average molecular weight is 422 g/mol. The molecule has 1 heterocycles. The minimum absolute atomic E-state index is 0.208. The summed E-state index contributed by atoms with van der Waals surface area (Å²) in [5.41, 5.74) is -0.724. The van der Waals surface area contributed by atoms with Crippen molar-refractivity contribution in [2.75, 3.05) is 24.7 Å². The van der Waals surface area contributed by atoms with Crippen LogP contribution < -0.4 is 5.32 Å². The molecule has 0 saturated carbocycles. The van der Waals surface area contributed by atoms with Gasteiger partial charge in [0.25, 0.3) is 0 Å². The van der Waals surface area contributed by atoms with Crippen molar-refractivity contribution in [2.24, 2.45) is 0 Å². The molecule has 0 unspecified atom stereocenters. The van der Waals surface area contributed by atoms with Crippen molar-refractivity contribution in [1.82, 2.24) is 5.32 Å². The van der Waals surface area contributed by atoms with E-state index in [-0.39, 0.29) is 13.2 Å². The lowest BCUT2D eigenvalue weighted by molar-refractivity contribution is -0.148. The molecule has 0 saturated heterocycles. The summed E-state index contributed by atoms with van der Waals surface area (Å²) in [4.78, 5) is 36.5. The zero-order valence-corrected chi connectivity index (χ0v) is 17.8. The van der Waals surface area contributed by atoms with E-state index in [0.29, 0.717) is 9.81 Å². The largest absolute Gasteiger partial charge is 0.464 e. The molecule has 0 radical (unpaired) electrons. The number of thioether (sulfide) groups is 2. The Morgan fingerprint density at radius 2 is 1.78 bits per heavy atom. The fraction of sp³-hybridized carbons (Fsp3) is 0.706. The molecular weight excluding hydrogens is 394 g/mol. The summed E-state index contributed by atoms with van der Waals surface area (Å²) in [7, 11) is 0. The number of amides is 1. The first-order valence-electron chi connectivity index (χ1n) is 8.43. The summed E-state index contributed by atoms with van der Waals surface area (Å²) in [5, 5.41) is 12.3. The summed E-state index contributed by atoms with van der Waals surface area (Å²) < 4.78 is 15.8. The van der Waals surface area contributed by atoms with Crippen LogP contribution in [0.3, 0.4) is 0 Å². The topological polar surface area (TPSA) is 111 Å². The number of ether oxygens (including phenoxy) is 3. The van der Waals surface area contributed by atoms with Gasteiger partial charge >= 0.3 is 18.0 Å². The molecule has 2 atom stereocenters. The van der Waals surface area contributed by atoms with E-state index in [4.69, 9.17) is 14.2 Å². The Hall–Kier alpha value is -1.39. The van der Waals surface area contributed by atoms with E-state index >= 15 is 0 Å². The lowest BCUT2D eigenvalue weighted by Gasteiger charge is -2.32. The first-order valence-corrected chi connectivity index (χ1v) is 10.4. The van der Waals surface area contributed by atoms with Gasteiger partial charge in [-0.15, -0.1) is 23.5 Å². The van der Waals surface area contributed by atoms with Gasteiger partial charge in [-0.1, -0.05) is 0 Å². The summed E-state index contributed by atoms with van der Waals surface area (Å²) in [6.45, 7) is 7.24. The molecular formula is C17H27NO7S2. The minimum atomic E-state index is -0.908. The molecule has 0 aromatic heterocycles. The van der Waals surface area contributed by atoms with Crippen molar-refractivity contribution in [3.8, 4) is 0 Å². The van der Waals surface area contributed by atoms with Gasteiger partial charge in [-0.25, -0.2) is 4.79 Å². The van der Waals surface area contributed by atoms with E-state index in [0.717, 1.165) is 11.5 Å². The number of esters is 2. The van der Waals surface area contributed by atoms with E-state index in [2.05, 4.69) is 5.32 Å². The highest BCUT2D eigenvalue weighted by molar-refractivity contribution is 8.10. The van der Waals surface area contributed by atoms with Gasteiger partial charge in [0.2, 0.25) is 0 Å². The van der Waals surface area contributed by atoms with E-state index < -0.39 is 35.8 Å². The van der Waals surface area contributed by atoms with Gasteiger partial charge in [-0.2, -0.15) is 0 Å². The maximum Gasteiger partial charge on any atom is 0.408 e. The zero-order chi connectivity index (χ0) is 20.6. The van der Waals surface area contributed by atoms with Crippen LogP contribution >= 0.6 is 23.5 Å². The number of carbonyl (C=O) groups is 3. The third-order valence-electron chi connectivity index (χ3n) is 3.12. The second-order valence-electron chi connectivity index (χ2n) is 6.73. The number of alkyl carbamates (subject to hydrolysis) is 1. The molecule has 0 spiro atoms. The molecule has 1 aliphatic rings. The van der Waals surface area contributed by atoms with E-state index in [1.807, 2.05) is 0 Å². The number of hydrogen-bond acceptors (Lipinski definition) is 9. The second kappa shape index (κ2) is 10.8. The van der Waals surface area contributed by atoms with Crippen LogP contribution in [0.5, 0.6) is 0 Å². The maximum atomic E-state index is 12.2. The molecule has 0 aromatic rings. The molecule has 0 aromatic carbocycles. The van der Waals surface area contributed by atoms with Crippen molar-refractivity contribution in [1.29, 1.82) is 0 Å². The fourth-order valence-corrected chi connectivity index (χ4v) is 4.64. The molecule has 1 amide bonds. The van der Waals surface area contributed by atoms with Crippen LogP contribution in [-0.4, -0.2) is 65.6 Å². The fourth-order valence-electron chi connectivity index (χ4n) is 2.20. The van der Waals surface area contributed by atoms with Crippen LogP contribution in [0.1, 0.15) is 34.6 Å². The second-order valence-corrected chi connectivity index (χ2v) is 9.05. The minimum Gasteiger partial charge on any atom is -0.464 e. The summed E-state index contributed by atoms with van der Waals surface area (Å²) in [6, 6.07) is -0.865. The Labute approximate surface area is 167 Å². The Morgan fingerprint density at radius 1 is 1.15 bits per heavy atom. The normalized spacial score (nSPS) is 17.0. The smallest absolute Gasteiger partial charge is 0.408 e. The molecule has 8 nitrogen and oxygen atoms in total. The molecule has 1 rings (SSSR count). The van der Waals surface area contributed by atoms with Gasteiger partial charge in [-0.05, 0) is 20.8 Å². The Bertz CT molecular complexity index is 586. The van der Waals surface area contributed by atoms with Crippen LogP contribution in [0.4, 0.5) is 4.79 Å². The third kappa shape index (κ3) is 8.89. The quantitative estimate of drug-likeness (QED) is 0.471. The van der Waals surface area contributed by atoms with Crippen molar-refractivity contribution < 1.29 is 33.7 Å². The van der Waals surface area contributed by atoms with Gasteiger partial charge in [0.15, 0.2) is 6.10 Å². The number of rotatable bonds is 7. The lowest BCUT2D eigenvalue weighted by atomic mass is 10.1. The van der Waals surface area contributed by atoms with Gasteiger partial charge in [-0.3, -0.25) is 9.59 Å². The maximum absolute atomic E-state index is 12.2. The van der Waals surface area contributed by atoms with Crippen molar-refractivity contribution in [3.63, 3.8) is 0 Å². The Morgan fingerprint density at radius 3 is 2.30 bits per heavy atom. The number of carbonyl (C=O) groups excluding carboxylic acids is 3. The highest BCUT2D eigenvalue weighted by Crippen LogP contribution is 2.38. The first kappa shape index (κ1) is 23.6. The van der Waals surface area contributed by atoms with Gasteiger partial charge in [0, 0.05) is 35.2 Å². The summed E-state index contributed by atoms with van der Waals surface area (Å²) >= 11 is 2.90. The Kier molecular flexibility index (Phi) is 9.48. The number of nitrogens with one attached hydrogen (secondary N) is 1. The van der Waals surface area contributed by atoms with Crippen molar-refractivity contribution in [2.45, 2.75) is 52.4 Å². The standard InChI is InChI=1S/C17H27NO7S2/c1-10(20)23-9-12(18-16(22)25-17(3,4)5)14(24-11(2)21)15-13(8-19)26-6-7-27-15/h12,14,19H,6-9H2,1-5H3,(H,18,22)/t12-,14+/m0/s1. The molecule has 27 heavy (non-hydrogen) atoms. The molecule has 154 valence electrons. The number of aliphatic hydroxyl groups is 1. The van der Waals surface area contributed by atoms with Crippen LogP contribution in [0, 0.1) is 0 Å². The number of aliphatic hydroxyl groups excluding tert-OH is 1. The van der Waals surface area contributed by atoms with Crippen LogP contribution in [0.2, 0.25) is 0 Å². The van der Waals surface area contributed by atoms with Gasteiger partial charge < -0.3 is 24.6 Å². The predicted octanol–water partition coefficient (Wildman–Crippen LogP) is 2.06. The molecule has 0 bridgehead atoms. The molecule has 2 N–H and O–H groups in total. The monoisotopic (exact) mass is 421 g/mol.